The van der Waals surface area contributed by atoms with E-state index in [0.29, 0.717) is 37.1 Å². The monoisotopic (exact) mass is 768 g/mol. The van der Waals surface area contributed by atoms with Crippen molar-refractivity contribution < 1.29 is 44.5 Å². The lowest BCUT2D eigenvalue weighted by Crippen LogP contribution is -2.49. The minimum atomic E-state index is -1.78. The van der Waals surface area contributed by atoms with Crippen molar-refractivity contribution in [1.82, 2.24) is 4.90 Å². The van der Waals surface area contributed by atoms with Gasteiger partial charge in [0.25, 0.3) is 5.91 Å². The Morgan fingerprint density at radius 2 is 0.870 bits per heavy atom. The van der Waals surface area contributed by atoms with Crippen LogP contribution in [0.25, 0.3) is 0 Å². The van der Waals surface area contributed by atoms with Crippen molar-refractivity contribution in [2.24, 2.45) is 0 Å². The largest absolute Gasteiger partial charge is 0.490 e. The molecule has 1 amide bonds. The molecule has 1 rings (SSSR count). The Labute approximate surface area is 329 Å². The zero-order valence-electron chi connectivity index (χ0n) is 34.8. The number of benzene rings is 1. The van der Waals surface area contributed by atoms with Crippen LogP contribution >= 0.6 is 0 Å². The molecule has 10 nitrogen and oxygen atoms in total. The third kappa shape index (κ3) is 22.4. The van der Waals surface area contributed by atoms with Gasteiger partial charge in [-0.05, 0) is 31.4 Å². The molecule has 0 saturated carbocycles. The van der Waals surface area contributed by atoms with Crippen LogP contribution < -0.4 is 14.2 Å². The summed E-state index contributed by atoms with van der Waals surface area (Å²) >= 11 is 0. The van der Waals surface area contributed by atoms with Crippen LogP contribution in [0.1, 0.15) is 185 Å². The maximum absolute atomic E-state index is 13.8. The highest BCUT2D eigenvalue weighted by Gasteiger charge is 2.32. The zero-order valence-corrected chi connectivity index (χ0v) is 34.8. The number of nitrogens with zero attached hydrogens (tertiary/aromatic N) is 1. The van der Waals surface area contributed by atoms with E-state index in [1.54, 1.807) is 12.1 Å². The predicted octanol–water partition coefficient (Wildman–Crippen LogP) is 8.75. The molecule has 54 heavy (non-hydrogen) atoms. The highest BCUT2D eigenvalue weighted by Crippen LogP contribution is 2.40. The first-order chi connectivity index (χ1) is 26.2. The first-order valence-corrected chi connectivity index (χ1v) is 21.9. The first-order valence-electron chi connectivity index (χ1n) is 21.9. The molecule has 0 bridgehead atoms. The van der Waals surface area contributed by atoms with Crippen molar-refractivity contribution in [3.8, 4) is 17.2 Å². The Morgan fingerprint density at radius 1 is 0.537 bits per heavy atom. The number of aliphatic hydroxyl groups is 5. The minimum Gasteiger partial charge on any atom is -0.490 e. The average molecular weight is 768 g/mol. The van der Waals surface area contributed by atoms with E-state index in [0.717, 1.165) is 51.4 Å². The lowest BCUT2D eigenvalue weighted by molar-refractivity contribution is -0.117. The Kier molecular flexibility index (Phi) is 30.6. The van der Waals surface area contributed by atoms with Crippen molar-refractivity contribution in [3.63, 3.8) is 0 Å². The molecule has 0 heterocycles. The number of carbonyl (C=O) groups excluding carboxylic acids is 1. The van der Waals surface area contributed by atoms with Crippen LogP contribution in [0, 0.1) is 0 Å². The van der Waals surface area contributed by atoms with E-state index in [1.807, 2.05) is 0 Å². The van der Waals surface area contributed by atoms with Crippen molar-refractivity contribution >= 4 is 5.91 Å². The second-order valence-corrected chi connectivity index (χ2v) is 15.3. The lowest BCUT2D eigenvalue weighted by Gasteiger charge is -2.28. The summed E-state index contributed by atoms with van der Waals surface area (Å²) in [6.45, 7) is 7.04. The maximum atomic E-state index is 13.8. The number of ether oxygens (including phenoxy) is 3. The smallest absolute Gasteiger partial charge is 0.253 e. The number of hydrogen-bond acceptors (Lipinski definition) is 9. The fourth-order valence-corrected chi connectivity index (χ4v) is 6.56. The molecule has 316 valence electrons. The first kappa shape index (κ1) is 49.9. The SMILES string of the molecule is CCCCCCCCCCOc1cc(C(=O)N(C)C[C@H](O)[C@@H](O)[C@H](O)[C@@H](O)CO)cc(OCCCCCCCCCC)c1OCCCCCCCCCC. The third-order valence-corrected chi connectivity index (χ3v) is 10.2. The van der Waals surface area contributed by atoms with Crippen LogP contribution in [0.2, 0.25) is 0 Å². The van der Waals surface area contributed by atoms with Gasteiger partial charge in [0.1, 0.15) is 24.4 Å². The molecule has 0 aliphatic carbocycles. The van der Waals surface area contributed by atoms with Gasteiger partial charge in [-0.15, -0.1) is 0 Å². The molecule has 0 aromatic heterocycles. The van der Waals surface area contributed by atoms with Gasteiger partial charge in [0, 0.05) is 19.2 Å². The number of amides is 1. The van der Waals surface area contributed by atoms with E-state index in [4.69, 9.17) is 19.3 Å². The quantitative estimate of drug-likeness (QED) is 0.0419. The van der Waals surface area contributed by atoms with E-state index >= 15 is 0 Å². The normalized spacial score (nSPS) is 13.7. The average Bonchev–Trinajstić information content (AvgIpc) is 3.17. The summed E-state index contributed by atoms with van der Waals surface area (Å²) in [5.41, 5.74) is 0.284. The molecule has 1 aromatic rings. The number of carbonyl (C=O) groups is 1. The topological polar surface area (TPSA) is 149 Å². The van der Waals surface area contributed by atoms with E-state index in [2.05, 4.69) is 20.8 Å². The summed E-state index contributed by atoms with van der Waals surface area (Å²) < 4.78 is 19.1. The molecule has 0 radical (unpaired) electrons. The zero-order chi connectivity index (χ0) is 39.8. The fraction of sp³-hybridized carbons (Fsp3) is 0.841. The van der Waals surface area contributed by atoms with Crippen LogP contribution in [0.5, 0.6) is 17.2 Å². The Bertz CT molecular complexity index is 998. The van der Waals surface area contributed by atoms with Gasteiger partial charge in [0.05, 0.1) is 26.4 Å². The molecular formula is C44H81NO9. The van der Waals surface area contributed by atoms with Gasteiger partial charge in [-0.25, -0.2) is 0 Å². The van der Waals surface area contributed by atoms with Crippen LogP contribution in [-0.2, 0) is 0 Å². The van der Waals surface area contributed by atoms with Crippen LogP contribution in [0.4, 0.5) is 0 Å². The molecule has 5 N–H and O–H groups in total. The number of likely N-dealkylation sites (N-methyl/N-ethyl adjacent to an activating group) is 1. The van der Waals surface area contributed by atoms with Gasteiger partial charge in [0.2, 0.25) is 5.75 Å². The summed E-state index contributed by atoms with van der Waals surface area (Å²) in [5.74, 6) is 0.962. The molecule has 4 atom stereocenters. The predicted molar refractivity (Wildman–Crippen MR) is 219 cm³/mol. The third-order valence-electron chi connectivity index (χ3n) is 10.2. The molecule has 0 unspecified atom stereocenters. The molecule has 10 heteroatoms. The van der Waals surface area contributed by atoms with E-state index in [1.165, 1.54) is 115 Å². The van der Waals surface area contributed by atoms with E-state index in [9.17, 15) is 25.2 Å². The maximum Gasteiger partial charge on any atom is 0.253 e. The number of aliphatic hydroxyl groups excluding tert-OH is 5. The van der Waals surface area contributed by atoms with Crippen LogP contribution in [0.15, 0.2) is 12.1 Å². The van der Waals surface area contributed by atoms with Crippen LogP contribution in [-0.4, -0.2) is 101 Å². The number of rotatable bonds is 37. The minimum absolute atomic E-state index is 0.284. The summed E-state index contributed by atoms with van der Waals surface area (Å²) in [4.78, 5) is 15.0. The van der Waals surface area contributed by atoms with Crippen LogP contribution in [0.3, 0.4) is 0 Å². The van der Waals surface area contributed by atoms with Gasteiger partial charge in [-0.3, -0.25) is 4.79 Å². The molecule has 0 aliphatic heterocycles. The van der Waals surface area contributed by atoms with Gasteiger partial charge in [-0.1, -0.05) is 156 Å². The van der Waals surface area contributed by atoms with E-state index < -0.39 is 36.9 Å². The molecule has 0 spiro atoms. The Hall–Kier alpha value is -2.11. The van der Waals surface area contributed by atoms with E-state index in [-0.39, 0.29) is 12.1 Å². The van der Waals surface area contributed by atoms with Gasteiger partial charge < -0.3 is 44.6 Å². The van der Waals surface area contributed by atoms with Gasteiger partial charge >= 0.3 is 0 Å². The second kappa shape index (κ2) is 33.1. The Balaban J connectivity index is 3.15. The van der Waals surface area contributed by atoms with Crippen molar-refractivity contribution in [2.45, 2.75) is 199 Å². The van der Waals surface area contributed by atoms with Crippen molar-refractivity contribution in [3.05, 3.63) is 17.7 Å². The molecule has 0 fully saturated rings. The summed E-state index contributed by atoms with van der Waals surface area (Å²) in [5, 5.41) is 49.9. The lowest BCUT2D eigenvalue weighted by atomic mass is 10.0. The van der Waals surface area contributed by atoms with Gasteiger partial charge in [-0.2, -0.15) is 0 Å². The molecule has 0 aliphatic rings. The highest BCUT2D eigenvalue weighted by atomic mass is 16.5. The molecular weight excluding hydrogens is 686 g/mol. The van der Waals surface area contributed by atoms with Gasteiger partial charge in [0.15, 0.2) is 11.5 Å². The second-order valence-electron chi connectivity index (χ2n) is 15.3. The standard InChI is InChI=1S/C44H81NO9/c1-5-8-11-14-17-20-23-26-29-52-39-32-36(44(51)45(4)34-37(47)41(49)42(50)38(48)35-46)33-40(53-30-27-24-21-18-15-12-9-6-2)43(39)54-31-28-25-22-19-16-13-10-7-3/h32-33,37-38,41-42,46-50H,5-31,34-35H2,1-4H3/t37-,38-,41+,42+/m0/s1. The van der Waals surface area contributed by atoms with Crippen molar-refractivity contribution in [2.75, 3.05) is 40.0 Å². The number of hydrogen-bond donors (Lipinski definition) is 5. The molecule has 0 saturated heterocycles. The fourth-order valence-electron chi connectivity index (χ4n) is 6.56. The van der Waals surface area contributed by atoms with Crippen molar-refractivity contribution in [1.29, 1.82) is 0 Å². The Morgan fingerprint density at radius 3 is 1.24 bits per heavy atom. The highest BCUT2D eigenvalue weighted by molar-refractivity contribution is 5.95. The summed E-state index contributed by atoms with van der Waals surface area (Å²) in [6, 6.07) is 3.34. The summed E-state index contributed by atoms with van der Waals surface area (Å²) in [7, 11) is 1.49. The molecule has 1 aromatic carbocycles. The summed E-state index contributed by atoms with van der Waals surface area (Å²) in [6.07, 6.45) is 21.5. The number of unbranched alkanes of at least 4 members (excludes halogenated alkanes) is 21.